The lowest BCUT2D eigenvalue weighted by Gasteiger charge is -2.58. The quantitative estimate of drug-likeness (QED) is 0.445. The first-order chi connectivity index (χ1) is 16.3. The summed E-state index contributed by atoms with van der Waals surface area (Å²) in [5, 5.41) is 7.12. The van der Waals surface area contributed by atoms with Crippen molar-refractivity contribution in [2.24, 2.45) is 5.92 Å². The maximum Gasteiger partial charge on any atom is 0.490 e. The zero-order chi connectivity index (χ0) is 25.6. The standard InChI is InChI=1S/C24H26F3N.C2HF3O2/c1-28-13-12-23-11-3-2-4-20(23)22(28)15-18-6-5-17(14-21(18)23)16-7-9-19(10-8-16)24(25,26)27;3-2(4,5)1(6)7/h5-10,14,20,22H,2-4,11-13,15H2,1H3;(H,6,7)/t20-,22+,23+;/m0./s1. The van der Waals surface area contributed by atoms with Crippen LogP contribution in [0.2, 0.25) is 0 Å². The Morgan fingerprint density at radius 3 is 2.20 bits per heavy atom. The number of likely N-dealkylation sites (tertiary alicyclic amines) is 1. The Kier molecular flexibility index (Phi) is 6.68. The van der Waals surface area contributed by atoms with Crippen LogP contribution in [0.5, 0.6) is 0 Å². The van der Waals surface area contributed by atoms with Gasteiger partial charge in [-0.1, -0.05) is 43.2 Å². The van der Waals surface area contributed by atoms with E-state index in [0.717, 1.165) is 30.0 Å². The monoisotopic (exact) mass is 499 g/mol. The van der Waals surface area contributed by atoms with Gasteiger partial charge in [-0.3, -0.25) is 0 Å². The van der Waals surface area contributed by atoms with Gasteiger partial charge in [-0.15, -0.1) is 0 Å². The highest BCUT2D eigenvalue weighted by atomic mass is 19.4. The first-order valence-corrected chi connectivity index (χ1v) is 11.6. The van der Waals surface area contributed by atoms with Crippen molar-refractivity contribution in [2.45, 2.75) is 62.3 Å². The number of fused-ring (bicyclic) bond motifs is 1. The summed E-state index contributed by atoms with van der Waals surface area (Å²) in [6.07, 6.45) is -1.89. The third kappa shape index (κ3) is 4.92. The van der Waals surface area contributed by atoms with Gasteiger partial charge in [0.1, 0.15) is 0 Å². The number of hydrogen-bond acceptors (Lipinski definition) is 2. The number of benzene rings is 2. The molecule has 2 aliphatic carbocycles. The molecule has 2 bridgehead atoms. The summed E-state index contributed by atoms with van der Waals surface area (Å²) in [5.41, 5.74) is 4.53. The molecular weight excluding hydrogens is 472 g/mol. The van der Waals surface area contributed by atoms with Crippen LogP contribution in [0.25, 0.3) is 11.1 Å². The largest absolute Gasteiger partial charge is 0.490 e. The van der Waals surface area contributed by atoms with E-state index in [1.165, 1.54) is 55.4 Å². The molecule has 9 heteroatoms. The summed E-state index contributed by atoms with van der Waals surface area (Å²) in [4.78, 5) is 11.5. The fourth-order valence-electron chi connectivity index (χ4n) is 6.23. The number of aliphatic carboxylic acids is 1. The summed E-state index contributed by atoms with van der Waals surface area (Å²) in [6, 6.07) is 12.9. The molecule has 1 heterocycles. The molecule has 2 aromatic rings. The van der Waals surface area contributed by atoms with Crippen LogP contribution in [0.1, 0.15) is 48.8 Å². The van der Waals surface area contributed by atoms with Crippen molar-refractivity contribution in [3.05, 3.63) is 59.2 Å². The fraction of sp³-hybridized carbons (Fsp3) is 0.500. The van der Waals surface area contributed by atoms with E-state index < -0.39 is 23.9 Å². The first kappa shape index (κ1) is 25.5. The van der Waals surface area contributed by atoms with E-state index in [4.69, 9.17) is 9.90 Å². The number of carboxylic acids is 1. The molecule has 0 radical (unpaired) electrons. The lowest BCUT2D eigenvalue weighted by atomic mass is 9.52. The fourth-order valence-corrected chi connectivity index (χ4v) is 6.23. The summed E-state index contributed by atoms with van der Waals surface area (Å²) < 4.78 is 70.4. The Morgan fingerprint density at radius 2 is 1.60 bits per heavy atom. The SMILES string of the molecule is CN1CC[C@]23CCCC[C@H]2[C@H]1Cc1ccc(-c2ccc(C(F)(F)F)cc2)cc13.O=C(O)C(F)(F)F. The maximum absolute atomic E-state index is 12.9. The highest BCUT2D eigenvalue weighted by Gasteiger charge is 2.53. The summed E-state index contributed by atoms with van der Waals surface area (Å²) in [7, 11) is 2.27. The molecule has 5 rings (SSSR count). The minimum absolute atomic E-state index is 0.269. The van der Waals surface area contributed by atoms with Crippen LogP contribution < -0.4 is 0 Å². The van der Waals surface area contributed by atoms with Gasteiger partial charge in [-0.2, -0.15) is 26.3 Å². The number of rotatable bonds is 1. The number of likely N-dealkylation sites (N-methyl/N-ethyl adjacent to an activating group) is 1. The number of carboxylic acid groups (broad SMARTS) is 1. The minimum Gasteiger partial charge on any atom is -0.475 e. The second-order valence-electron chi connectivity index (χ2n) is 9.76. The smallest absolute Gasteiger partial charge is 0.475 e. The van der Waals surface area contributed by atoms with Crippen molar-refractivity contribution >= 4 is 5.97 Å². The van der Waals surface area contributed by atoms with Crippen molar-refractivity contribution < 1.29 is 36.2 Å². The molecule has 1 aliphatic heterocycles. The maximum atomic E-state index is 12.9. The molecule has 2 fully saturated rings. The van der Waals surface area contributed by atoms with E-state index in [0.29, 0.717) is 6.04 Å². The van der Waals surface area contributed by atoms with Gasteiger partial charge < -0.3 is 10.0 Å². The lowest BCUT2D eigenvalue weighted by molar-refractivity contribution is -0.192. The zero-order valence-corrected chi connectivity index (χ0v) is 19.2. The molecule has 0 amide bonds. The Bertz CT molecular complexity index is 1080. The van der Waals surface area contributed by atoms with Gasteiger partial charge in [0.05, 0.1) is 5.56 Å². The lowest BCUT2D eigenvalue weighted by Crippen LogP contribution is -2.59. The molecule has 1 saturated heterocycles. The molecule has 190 valence electrons. The Hall–Kier alpha value is -2.55. The third-order valence-corrected chi connectivity index (χ3v) is 7.90. The van der Waals surface area contributed by atoms with Crippen LogP contribution in [0.3, 0.4) is 0 Å². The Balaban J connectivity index is 0.000000364. The summed E-state index contributed by atoms with van der Waals surface area (Å²) in [6.45, 7) is 1.14. The van der Waals surface area contributed by atoms with Crippen LogP contribution in [0.15, 0.2) is 42.5 Å². The number of piperidine rings is 1. The van der Waals surface area contributed by atoms with Crippen LogP contribution in [-0.2, 0) is 22.8 Å². The molecule has 3 nitrogen and oxygen atoms in total. The number of alkyl halides is 6. The van der Waals surface area contributed by atoms with Crippen LogP contribution in [-0.4, -0.2) is 41.8 Å². The molecule has 0 unspecified atom stereocenters. The van der Waals surface area contributed by atoms with Crippen molar-refractivity contribution in [3.8, 4) is 11.1 Å². The number of hydrogen-bond donors (Lipinski definition) is 1. The predicted molar refractivity (Wildman–Crippen MR) is 119 cm³/mol. The van der Waals surface area contributed by atoms with E-state index in [1.807, 2.05) is 0 Å². The molecule has 1 saturated carbocycles. The van der Waals surface area contributed by atoms with Crippen molar-refractivity contribution in [3.63, 3.8) is 0 Å². The first-order valence-electron chi connectivity index (χ1n) is 11.6. The van der Waals surface area contributed by atoms with Crippen LogP contribution >= 0.6 is 0 Å². The van der Waals surface area contributed by atoms with E-state index in [9.17, 15) is 26.3 Å². The average Bonchev–Trinajstić information content (AvgIpc) is 2.80. The molecule has 3 aliphatic rings. The highest BCUT2D eigenvalue weighted by molar-refractivity contribution is 5.73. The van der Waals surface area contributed by atoms with Gasteiger partial charge in [0, 0.05) is 11.5 Å². The van der Waals surface area contributed by atoms with Gasteiger partial charge in [0.2, 0.25) is 0 Å². The van der Waals surface area contributed by atoms with Crippen molar-refractivity contribution in [1.29, 1.82) is 0 Å². The topological polar surface area (TPSA) is 40.5 Å². The number of carbonyl (C=O) groups is 1. The van der Waals surface area contributed by atoms with Gasteiger partial charge in [0.15, 0.2) is 0 Å². The second kappa shape index (κ2) is 9.15. The van der Waals surface area contributed by atoms with E-state index in [1.54, 1.807) is 12.1 Å². The Morgan fingerprint density at radius 1 is 0.971 bits per heavy atom. The third-order valence-electron chi connectivity index (χ3n) is 7.90. The Labute approximate surface area is 199 Å². The van der Waals surface area contributed by atoms with Gasteiger partial charge in [-0.05, 0) is 79.6 Å². The minimum atomic E-state index is -5.08. The molecule has 2 aromatic carbocycles. The second-order valence-corrected chi connectivity index (χ2v) is 9.76. The molecule has 1 N–H and O–H groups in total. The van der Waals surface area contributed by atoms with E-state index >= 15 is 0 Å². The number of halogens is 6. The van der Waals surface area contributed by atoms with Gasteiger partial charge >= 0.3 is 18.3 Å². The molecule has 35 heavy (non-hydrogen) atoms. The van der Waals surface area contributed by atoms with Gasteiger partial charge in [-0.25, -0.2) is 4.79 Å². The zero-order valence-electron chi connectivity index (χ0n) is 19.2. The summed E-state index contributed by atoms with van der Waals surface area (Å²) >= 11 is 0. The van der Waals surface area contributed by atoms with Crippen LogP contribution in [0, 0.1) is 5.92 Å². The normalized spacial score (nSPS) is 26.1. The predicted octanol–water partition coefficient (Wildman–Crippen LogP) is 6.69. The van der Waals surface area contributed by atoms with E-state index in [2.05, 4.69) is 30.1 Å². The molecule has 0 aromatic heterocycles. The molecule has 0 spiro atoms. The highest BCUT2D eigenvalue weighted by Crippen LogP contribution is 2.56. The van der Waals surface area contributed by atoms with Crippen molar-refractivity contribution in [2.75, 3.05) is 13.6 Å². The van der Waals surface area contributed by atoms with Gasteiger partial charge in [0.25, 0.3) is 0 Å². The van der Waals surface area contributed by atoms with E-state index in [-0.39, 0.29) is 5.41 Å². The molecular formula is C26H27F6NO2. The molecule has 3 atom stereocenters. The average molecular weight is 499 g/mol. The van der Waals surface area contributed by atoms with Crippen LogP contribution in [0.4, 0.5) is 26.3 Å². The van der Waals surface area contributed by atoms with Crippen molar-refractivity contribution in [1.82, 2.24) is 4.90 Å². The summed E-state index contributed by atoms with van der Waals surface area (Å²) in [5.74, 6) is -2.04. The number of nitrogens with zero attached hydrogens (tertiary/aromatic N) is 1.